The quantitative estimate of drug-likeness (QED) is 0.832. The van der Waals surface area contributed by atoms with Crippen molar-refractivity contribution in [3.8, 4) is 0 Å². The van der Waals surface area contributed by atoms with Crippen molar-refractivity contribution < 1.29 is 14.4 Å². The Hall–Kier alpha value is -3.15. The molecule has 0 unspecified atom stereocenters. The van der Waals surface area contributed by atoms with Gasteiger partial charge in [0.25, 0.3) is 5.91 Å². The first kappa shape index (κ1) is 18.2. The van der Waals surface area contributed by atoms with Crippen LogP contribution in [0.2, 0.25) is 0 Å². The predicted octanol–water partition coefficient (Wildman–Crippen LogP) is 2.34. The number of carbonyl (C=O) groups excluding carboxylic acids is 3. The van der Waals surface area contributed by atoms with E-state index < -0.39 is 5.54 Å². The molecule has 2 aliphatic rings. The van der Waals surface area contributed by atoms with Crippen LogP contribution in [0.15, 0.2) is 60.7 Å². The van der Waals surface area contributed by atoms with E-state index >= 15 is 0 Å². The van der Waals surface area contributed by atoms with E-state index in [0.29, 0.717) is 32.4 Å². The van der Waals surface area contributed by atoms with Gasteiger partial charge in [0.15, 0.2) is 0 Å². The van der Waals surface area contributed by atoms with Crippen molar-refractivity contribution in [2.45, 2.75) is 31.3 Å². The summed E-state index contributed by atoms with van der Waals surface area (Å²) in [6.07, 6.45) is 1.25. The molecule has 2 saturated heterocycles. The Bertz CT molecular complexity index is 874. The van der Waals surface area contributed by atoms with Crippen LogP contribution >= 0.6 is 0 Å². The van der Waals surface area contributed by atoms with Crippen molar-refractivity contribution in [1.29, 1.82) is 0 Å². The molecule has 6 heteroatoms. The third-order valence-corrected chi connectivity index (χ3v) is 5.60. The second-order valence-corrected chi connectivity index (χ2v) is 7.43. The monoisotopic (exact) mass is 377 g/mol. The van der Waals surface area contributed by atoms with Crippen LogP contribution in [0.5, 0.6) is 0 Å². The zero-order valence-corrected chi connectivity index (χ0v) is 15.6. The van der Waals surface area contributed by atoms with Crippen LogP contribution in [0.1, 0.15) is 24.0 Å². The molecule has 144 valence electrons. The number of nitrogens with one attached hydrogen (secondary N) is 1. The lowest BCUT2D eigenvalue weighted by atomic mass is 9.87. The highest BCUT2D eigenvalue weighted by atomic mass is 16.2. The normalized spacial score (nSPS) is 18.4. The van der Waals surface area contributed by atoms with Gasteiger partial charge < -0.3 is 10.2 Å². The summed E-state index contributed by atoms with van der Waals surface area (Å²) < 4.78 is 0. The molecule has 0 aliphatic carbocycles. The largest absolute Gasteiger partial charge is 0.342 e. The number of nitrogens with zero attached hydrogens (tertiary/aromatic N) is 2. The van der Waals surface area contributed by atoms with E-state index in [9.17, 15) is 14.4 Å². The summed E-state index contributed by atoms with van der Waals surface area (Å²) in [4.78, 5) is 41.1. The Morgan fingerprint density at radius 3 is 2.07 bits per heavy atom. The maximum absolute atomic E-state index is 13.0. The SMILES string of the molecule is O=C(Cc1ccccc1)N1CCC2(CC1)NC(=O)N(Cc1ccccc1)C2=O. The first-order valence-corrected chi connectivity index (χ1v) is 9.57. The van der Waals surface area contributed by atoms with Gasteiger partial charge in [0, 0.05) is 13.1 Å². The van der Waals surface area contributed by atoms with Crippen LogP contribution in [0.3, 0.4) is 0 Å². The molecule has 1 N–H and O–H groups in total. The van der Waals surface area contributed by atoms with Crippen LogP contribution in [0, 0.1) is 0 Å². The zero-order valence-electron chi connectivity index (χ0n) is 15.6. The van der Waals surface area contributed by atoms with Crippen molar-refractivity contribution in [3.05, 3.63) is 71.8 Å². The maximum atomic E-state index is 13.0. The molecular weight excluding hydrogens is 354 g/mol. The van der Waals surface area contributed by atoms with Crippen molar-refractivity contribution in [3.63, 3.8) is 0 Å². The summed E-state index contributed by atoms with van der Waals surface area (Å²) >= 11 is 0. The first-order chi connectivity index (χ1) is 13.6. The van der Waals surface area contributed by atoms with Crippen LogP contribution in [-0.4, -0.2) is 46.3 Å². The molecule has 28 heavy (non-hydrogen) atoms. The molecule has 1 spiro atoms. The van der Waals surface area contributed by atoms with Gasteiger partial charge in [-0.15, -0.1) is 0 Å². The number of amides is 4. The Kier molecular flexibility index (Phi) is 4.86. The number of imide groups is 1. The van der Waals surface area contributed by atoms with Crippen molar-refractivity contribution in [2.24, 2.45) is 0 Å². The molecule has 2 aromatic carbocycles. The second kappa shape index (κ2) is 7.46. The Balaban J connectivity index is 1.39. The third-order valence-electron chi connectivity index (χ3n) is 5.60. The minimum atomic E-state index is -0.880. The molecule has 6 nitrogen and oxygen atoms in total. The van der Waals surface area contributed by atoms with E-state index in [0.717, 1.165) is 11.1 Å². The Morgan fingerprint density at radius 1 is 0.893 bits per heavy atom. The van der Waals surface area contributed by atoms with Gasteiger partial charge in [-0.3, -0.25) is 14.5 Å². The fourth-order valence-electron chi connectivity index (χ4n) is 3.94. The number of rotatable bonds is 4. The summed E-state index contributed by atoms with van der Waals surface area (Å²) in [5.74, 6) is -0.129. The van der Waals surface area contributed by atoms with Crippen LogP contribution < -0.4 is 5.32 Å². The lowest BCUT2D eigenvalue weighted by molar-refractivity contribution is -0.138. The van der Waals surface area contributed by atoms with E-state index in [2.05, 4.69) is 5.32 Å². The first-order valence-electron chi connectivity index (χ1n) is 9.57. The summed E-state index contributed by atoms with van der Waals surface area (Å²) in [5.41, 5.74) is 1.01. The number of carbonyl (C=O) groups is 3. The fraction of sp³-hybridized carbons (Fsp3) is 0.318. The molecule has 0 saturated carbocycles. The molecule has 0 radical (unpaired) electrons. The number of hydrogen-bond acceptors (Lipinski definition) is 3. The molecule has 2 fully saturated rings. The van der Waals surface area contributed by atoms with E-state index in [1.165, 1.54) is 4.90 Å². The van der Waals surface area contributed by atoms with Gasteiger partial charge in [0.1, 0.15) is 5.54 Å². The molecule has 2 aliphatic heterocycles. The average molecular weight is 377 g/mol. The van der Waals surface area contributed by atoms with Crippen LogP contribution in [0.25, 0.3) is 0 Å². The Labute approximate surface area is 164 Å². The number of urea groups is 1. The van der Waals surface area contributed by atoms with Crippen molar-refractivity contribution >= 4 is 17.8 Å². The molecule has 2 aromatic rings. The molecule has 0 aromatic heterocycles. The molecular formula is C22H23N3O3. The van der Waals surface area contributed by atoms with E-state index in [1.54, 1.807) is 4.90 Å². The predicted molar refractivity (Wildman–Crippen MR) is 104 cm³/mol. The summed E-state index contributed by atoms with van der Waals surface area (Å²) in [6, 6.07) is 18.8. The number of likely N-dealkylation sites (tertiary alicyclic amines) is 1. The van der Waals surface area contributed by atoms with Crippen molar-refractivity contribution in [1.82, 2.24) is 15.1 Å². The topological polar surface area (TPSA) is 69.7 Å². The van der Waals surface area contributed by atoms with Gasteiger partial charge in [0.05, 0.1) is 13.0 Å². The summed E-state index contributed by atoms with van der Waals surface area (Å²) in [6.45, 7) is 1.21. The lowest BCUT2D eigenvalue weighted by Crippen LogP contribution is -2.56. The van der Waals surface area contributed by atoms with E-state index in [4.69, 9.17) is 0 Å². The minimum absolute atomic E-state index is 0.0546. The highest BCUT2D eigenvalue weighted by Crippen LogP contribution is 2.30. The van der Waals surface area contributed by atoms with Gasteiger partial charge >= 0.3 is 6.03 Å². The summed E-state index contributed by atoms with van der Waals surface area (Å²) in [7, 11) is 0. The molecule has 4 rings (SSSR count). The third kappa shape index (κ3) is 3.50. The van der Waals surface area contributed by atoms with Gasteiger partial charge in [0.2, 0.25) is 5.91 Å². The van der Waals surface area contributed by atoms with Crippen LogP contribution in [-0.2, 0) is 22.6 Å². The number of piperidine rings is 1. The van der Waals surface area contributed by atoms with Gasteiger partial charge in [-0.2, -0.15) is 0 Å². The van der Waals surface area contributed by atoms with Crippen LogP contribution in [0.4, 0.5) is 4.79 Å². The van der Waals surface area contributed by atoms with Gasteiger partial charge in [-0.25, -0.2) is 4.79 Å². The minimum Gasteiger partial charge on any atom is -0.342 e. The smallest absolute Gasteiger partial charge is 0.325 e. The van der Waals surface area contributed by atoms with Gasteiger partial charge in [-0.05, 0) is 24.0 Å². The Morgan fingerprint density at radius 2 is 1.46 bits per heavy atom. The molecule has 0 atom stereocenters. The van der Waals surface area contributed by atoms with E-state index in [-0.39, 0.29) is 24.4 Å². The highest BCUT2D eigenvalue weighted by molar-refractivity contribution is 6.07. The fourth-order valence-corrected chi connectivity index (χ4v) is 3.94. The molecule has 0 bridgehead atoms. The van der Waals surface area contributed by atoms with E-state index in [1.807, 2.05) is 60.7 Å². The van der Waals surface area contributed by atoms with Gasteiger partial charge in [-0.1, -0.05) is 60.7 Å². The summed E-state index contributed by atoms with van der Waals surface area (Å²) in [5, 5.41) is 2.90. The number of benzene rings is 2. The lowest BCUT2D eigenvalue weighted by Gasteiger charge is -2.37. The zero-order chi connectivity index (χ0) is 19.6. The molecule has 4 amide bonds. The highest BCUT2D eigenvalue weighted by Gasteiger charge is 2.52. The second-order valence-electron chi connectivity index (χ2n) is 7.43. The standard InChI is InChI=1S/C22H23N3O3/c26-19(15-17-7-3-1-4-8-17)24-13-11-22(12-14-24)20(27)25(21(28)23-22)16-18-9-5-2-6-10-18/h1-10H,11-16H2,(H,23,28). The maximum Gasteiger partial charge on any atom is 0.325 e. The van der Waals surface area contributed by atoms with Crippen molar-refractivity contribution in [2.75, 3.05) is 13.1 Å². The average Bonchev–Trinajstić information content (AvgIpc) is 2.94. The molecule has 2 heterocycles. The number of hydrogen-bond donors (Lipinski definition) is 1.